The number of carboxylic acid groups (broad SMARTS) is 1. The lowest BCUT2D eigenvalue weighted by atomic mass is 9.91. The summed E-state index contributed by atoms with van der Waals surface area (Å²) < 4.78 is 0. The number of nitrogens with zero attached hydrogens (tertiary/aromatic N) is 1. The van der Waals surface area contributed by atoms with Crippen molar-refractivity contribution in [2.45, 2.75) is 44.6 Å². The third-order valence-corrected chi connectivity index (χ3v) is 4.92. The van der Waals surface area contributed by atoms with E-state index in [1.54, 1.807) is 0 Å². The van der Waals surface area contributed by atoms with E-state index in [9.17, 15) is 9.59 Å². The van der Waals surface area contributed by atoms with E-state index in [0.29, 0.717) is 12.6 Å². The molecule has 0 aromatic carbocycles. The fourth-order valence-electron chi connectivity index (χ4n) is 3.45. The van der Waals surface area contributed by atoms with Crippen LogP contribution in [0, 0.1) is 11.3 Å². The highest BCUT2D eigenvalue weighted by Crippen LogP contribution is 2.59. The van der Waals surface area contributed by atoms with Crippen LogP contribution >= 0.6 is 0 Å². The summed E-state index contributed by atoms with van der Waals surface area (Å²) in [7, 11) is 0. The van der Waals surface area contributed by atoms with E-state index in [0.717, 1.165) is 45.2 Å². The van der Waals surface area contributed by atoms with Gasteiger partial charge < -0.3 is 15.3 Å². The van der Waals surface area contributed by atoms with Gasteiger partial charge in [0.25, 0.3) is 0 Å². The zero-order valence-corrected chi connectivity index (χ0v) is 11.2. The third kappa shape index (κ3) is 2.61. The Bertz CT molecular complexity index is 386. The van der Waals surface area contributed by atoms with Crippen LogP contribution in [0.4, 0.5) is 0 Å². The largest absolute Gasteiger partial charge is 0.481 e. The molecular formula is C14H22N2O3. The Hall–Kier alpha value is -1.10. The molecule has 3 fully saturated rings. The van der Waals surface area contributed by atoms with E-state index >= 15 is 0 Å². The molecule has 0 aromatic rings. The van der Waals surface area contributed by atoms with Crippen molar-refractivity contribution in [3.8, 4) is 0 Å². The van der Waals surface area contributed by atoms with Gasteiger partial charge in [-0.15, -0.1) is 0 Å². The van der Waals surface area contributed by atoms with Crippen molar-refractivity contribution < 1.29 is 14.7 Å². The SMILES string of the molecule is O=C(O)CCN(C(=O)C1CC12CCNCC2)C1CC1. The second kappa shape index (κ2) is 4.78. The topological polar surface area (TPSA) is 69.6 Å². The molecule has 1 heterocycles. The second-order valence-corrected chi connectivity index (χ2v) is 6.28. The molecule has 0 bridgehead atoms. The highest BCUT2D eigenvalue weighted by Gasteiger charge is 2.59. The lowest BCUT2D eigenvalue weighted by molar-refractivity contribution is -0.139. The van der Waals surface area contributed by atoms with Gasteiger partial charge in [0.2, 0.25) is 5.91 Å². The minimum atomic E-state index is -0.814. The maximum Gasteiger partial charge on any atom is 0.305 e. The van der Waals surface area contributed by atoms with Crippen molar-refractivity contribution >= 4 is 11.9 Å². The zero-order valence-electron chi connectivity index (χ0n) is 11.2. The molecule has 1 saturated heterocycles. The number of rotatable bonds is 5. The van der Waals surface area contributed by atoms with Crippen LogP contribution in [0.5, 0.6) is 0 Å². The van der Waals surface area contributed by atoms with Gasteiger partial charge in [0.15, 0.2) is 0 Å². The molecule has 2 saturated carbocycles. The molecule has 3 aliphatic rings. The third-order valence-electron chi connectivity index (χ3n) is 4.92. The summed E-state index contributed by atoms with van der Waals surface area (Å²) in [5.74, 6) is -0.416. The van der Waals surface area contributed by atoms with Gasteiger partial charge >= 0.3 is 5.97 Å². The van der Waals surface area contributed by atoms with Crippen LogP contribution < -0.4 is 5.32 Å². The lowest BCUT2D eigenvalue weighted by Gasteiger charge is -2.26. The van der Waals surface area contributed by atoms with E-state index in [1.165, 1.54) is 0 Å². The number of carbonyl (C=O) groups is 2. The number of hydrogen-bond donors (Lipinski definition) is 2. The van der Waals surface area contributed by atoms with Gasteiger partial charge in [-0.3, -0.25) is 9.59 Å². The maximum atomic E-state index is 12.6. The van der Waals surface area contributed by atoms with Crippen molar-refractivity contribution in [2.24, 2.45) is 11.3 Å². The molecule has 1 unspecified atom stereocenters. The van der Waals surface area contributed by atoms with Crippen molar-refractivity contribution in [3.05, 3.63) is 0 Å². The molecule has 106 valence electrons. The number of hydrogen-bond acceptors (Lipinski definition) is 3. The average Bonchev–Trinajstić information content (AvgIpc) is 3.28. The second-order valence-electron chi connectivity index (χ2n) is 6.28. The predicted molar refractivity (Wildman–Crippen MR) is 69.6 cm³/mol. The van der Waals surface area contributed by atoms with E-state index < -0.39 is 5.97 Å². The van der Waals surface area contributed by atoms with E-state index in [1.807, 2.05) is 4.90 Å². The van der Waals surface area contributed by atoms with Crippen LogP contribution in [0.1, 0.15) is 38.5 Å². The summed E-state index contributed by atoms with van der Waals surface area (Å²) >= 11 is 0. The Balaban J connectivity index is 1.60. The van der Waals surface area contributed by atoms with Crippen LogP contribution in [0.25, 0.3) is 0 Å². The minimum Gasteiger partial charge on any atom is -0.481 e. The van der Waals surface area contributed by atoms with Gasteiger partial charge in [-0.1, -0.05) is 0 Å². The first-order chi connectivity index (χ1) is 9.12. The van der Waals surface area contributed by atoms with Crippen LogP contribution in [-0.4, -0.2) is 47.6 Å². The van der Waals surface area contributed by atoms with Gasteiger partial charge in [0, 0.05) is 18.5 Å². The smallest absolute Gasteiger partial charge is 0.305 e. The van der Waals surface area contributed by atoms with E-state index in [-0.39, 0.29) is 23.7 Å². The Morgan fingerprint density at radius 1 is 1.26 bits per heavy atom. The van der Waals surface area contributed by atoms with Crippen LogP contribution in [-0.2, 0) is 9.59 Å². The molecule has 1 atom stereocenters. The molecule has 19 heavy (non-hydrogen) atoms. The fraction of sp³-hybridized carbons (Fsp3) is 0.857. The lowest BCUT2D eigenvalue weighted by Crippen LogP contribution is -2.39. The van der Waals surface area contributed by atoms with Crippen molar-refractivity contribution in [1.29, 1.82) is 0 Å². The fourth-order valence-corrected chi connectivity index (χ4v) is 3.45. The maximum absolute atomic E-state index is 12.6. The van der Waals surface area contributed by atoms with Crippen LogP contribution in [0.15, 0.2) is 0 Å². The van der Waals surface area contributed by atoms with Gasteiger partial charge in [0.1, 0.15) is 0 Å². The molecule has 1 amide bonds. The van der Waals surface area contributed by atoms with E-state index in [2.05, 4.69) is 5.32 Å². The Kier molecular flexibility index (Phi) is 3.25. The quantitative estimate of drug-likeness (QED) is 0.773. The minimum absolute atomic E-state index is 0.0729. The first kappa shape index (κ1) is 12.9. The van der Waals surface area contributed by atoms with Crippen molar-refractivity contribution in [1.82, 2.24) is 10.2 Å². The molecule has 0 aromatic heterocycles. The van der Waals surface area contributed by atoms with Crippen molar-refractivity contribution in [3.63, 3.8) is 0 Å². The number of piperidine rings is 1. The summed E-state index contributed by atoms with van der Waals surface area (Å²) in [5.41, 5.74) is 0.249. The molecule has 2 N–H and O–H groups in total. The van der Waals surface area contributed by atoms with Crippen LogP contribution in [0.3, 0.4) is 0 Å². The molecule has 1 aliphatic heterocycles. The summed E-state index contributed by atoms with van der Waals surface area (Å²) in [4.78, 5) is 25.1. The summed E-state index contributed by atoms with van der Waals surface area (Å²) in [6, 6.07) is 0.325. The van der Waals surface area contributed by atoms with Gasteiger partial charge in [-0.05, 0) is 50.6 Å². The van der Waals surface area contributed by atoms with Gasteiger partial charge in [-0.2, -0.15) is 0 Å². The normalized spacial score (nSPS) is 28.1. The zero-order chi connectivity index (χ0) is 13.5. The molecule has 3 rings (SSSR count). The number of aliphatic carboxylic acids is 1. The first-order valence-corrected chi connectivity index (χ1v) is 7.35. The van der Waals surface area contributed by atoms with Crippen molar-refractivity contribution in [2.75, 3.05) is 19.6 Å². The van der Waals surface area contributed by atoms with E-state index in [4.69, 9.17) is 5.11 Å². The number of carbonyl (C=O) groups excluding carboxylic acids is 1. The Morgan fingerprint density at radius 2 is 1.95 bits per heavy atom. The molecule has 5 heteroatoms. The summed E-state index contributed by atoms with van der Waals surface area (Å²) in [6.45, 7) is 2.42. The monoisotopic (exact) mass is 266 g/mol. The molecule has 2 aliphatic carbocycles. The summed E-state index contributed by atoms with van der Waals surface area (Å²) in [6.07, 6.45) is 5.38. The number of nitrogens with one attached hydrogen (secondary N) is 1. The highest BCUT2D eigenvalue weighted by molar-refractivity contribution is 5.83. The summed E-state index contributed by atoms with van der Waals surface area (Å²) in [5, 5.41) is 12.1. The number of amides is 1. The highest BCUT2D eigenvalue weighted by atomic mass is 16.4. The van der Waals surface area contributed by atoms with Gasteiger partial charge in [0.05, 0.1) is 6.42 Å². The standard InChI is InChI=1S/C14H22N2O3/c17-12(18)3-8-16(10-1-2-10)13(19)11-9-14(11)4-6-15-7-5-14/h10-11,15H,1-9H2,(H,17,18). The molecule has 5 nitrogen and oxygen atoms in total. The number of carboxylic acids is 1. The first-order valence-electron chi connectivity index (χ1n) is 7.35. The Morgan fingerprint density at radius 3 is 2.53 bits per heavy atom. The molecular weight excluding hydrogens is 244 g/mol. The predicted octanol–water partition coefficient (Wildman–Crippen LogP) is 0.842. The average molecular weight is 266 g/mol. The molecule has 1 spiro atoms. The van der Waals surface area contributed by atoms with Crippen LogP contribution in [0.2, 0.25) is 0 Å². The van der Waals surface area contributed by atoms with Gasteiger partial charge in [-0.25, -0.2) is 0 Å². The Labute approximate surface area is 113 Å². The molecule has 0 radical (unpaired) electrons.